The normalized spacial score (nSPS) is 17.7. The fraction of sp³-hybridized carbons (Fsp3) is 0.900. The number of nitrogens with zero attached hydrogens (tertiary/aromatic N) is 1. The molecule has 1 rings (SSSR count). The monoisotopic (exact) mass is 184 g/mol. The van der Waals surface area contributed by atoms with Crippen LogP contribution in [0.5, 0.6) is 0 Å². The fourth-order valence-electron chi connectivity index (χ4n) is 1.84. The molecule has 1 aliphatic carbocycles. The van der Waals surface area contributed by atoms with Crippen LogP contribution in [0.3, 0.4) is 0 Å². The average Bonchev–Trinajstić information content (AvgIpc) is 2.65. The molecule has 3 heteroatoms. The zero-order valence-electron chi connectivity index (χ0n) is 8.46. The van der Waals surface area contributed by atoms with Gasteiger partial charge >= 0.3 is 0 Å². The largest absolute Gasteiger partial charge is 0.278 e. The SMILES string of the molecule is CCCCC(=O)N(N)C1CCCC1. The molecule has 0 aliphatic heterocycles. The molecule has 0 aromatic rings. The van der Waals surface area contributed by atoms with E-state index in [1.165, 1.54) is 17.9 Å². The lowest BCUT2D eigenvalue weighted by atomic mass is 10.2. The molecular formula is C10H20N2O. The van der Waals surface area contributed by atoms with Gasteiger partial charge in [-0.15, -0.1) is 0 Å². The third-order valence-electron chi connectivity index (χ3n) is 2.75. The van der Waals surface area contributed by atoms with E-state index < -0.39 is 0 Å². The molecule has 1 aliphatic rings. The quantitative estimate of drug-likeness (QED) is 0.411. The molecule has 0 saturated heterocycles. The van der Waals surface area contributed by atoms with Crippen molar-refractivity contribution >= 4 is 5.91 Å². The van der Waals surface area contributed by atoms with Crippen LogP contribution in [0.2, 0.25) is 0 Å². The molecule has 0 aromatic carbocycles. The zero-order valence-corrected chi connectivity index (χ0v) is 8.46. The topological polar surface area (TPSA) is 46.3 Å². The number of hydrazine groups is 1. The third kappa shape index (κ3) is 2.99. The molecular weight excluding hydrogens is 164 g/mol. The summed E-state index contributed by atoms with van der Waals surface area (Å²) in [7, 11) is 0. The number of hydrogen-bond acceptors (Lipinski definition) is 2. The predicted octanol–water partition coefficient (Wildman–Crippen LogP) is 1.82. The van der Waals surface area contributed by atoms with Gasteiger partial charge in [0.2, 0.25) is 5.91 Å². The number of hydrogen-bond donors (Lipinski definition) is 1. The Morgan fingerprint density at radius 3 is 2.62 bits per heavy atom. The Morgan fingerprint density at radius 2 is 2.08 bits per heavy atom. The van der Waals surface area contributed by atoms with Crippen molar-refractivity contribution in [2.45, 2.75) is 57.9 Å². The van der Waals surface area contributed by atoms with Gasteiger partial charge in [0.25, 0.3) is 0 Å². The van der Waals surface area contributed by atoms with E-state index in [4.69, 9.17) is 5.84 Å². The standard InChI is InChI=1S/C10H20N2O/c1-2-3-8-10(13)12(11)9-6-4-5-7-9/h9H,2-8,11H2,1H3. The van der Waals surface area contributed by atoms with Gasteiger partial charge in [-0.2, -0.15) is 0 Å². The molecule has 0 unspecified atom stereocenters. The number of carbonyl (C=O) groups excluding carboxylic acids is 1. The number of carbonyl (C=O) groups is 1. The highest BCUT2D eigenvalue weighted by Gasteiger charge is 2.23. The Hall–Kier alpha value is -0.570. The first-order valence-corrected chi connectivity index (χ1v) is 5.32. The van der Waals surface area contributed by atoms with E-state index >= 15 is 0 Å². The second-order valence-electron chi connectivity index (χ2n) is 3.84. The van der Waals surface area contributed by atoms with E-state index in [0.29, 0.717) is 12.5 Å². The lowest BCUT2D eigenvalue weighted by Gasteiger charge is -2.23. The molecule has 0 atom stereocenters. The van der Waals surface area contributed by atoms with Crippen molar-refractivity contribution in [1.29, 1.82) is 0 Å². The zero-order chi connectivity index (χ0) is 9.68. The van der Waals surface area contributed by atoms with Gasteiger partial charge in [-0.05, 0) is 19.3 Å². The molecule has 0 heterocycles. The highest BCUT2D eigenvalue weighted by molar-refractivity contribution is 5.75. The minimum absolute atomic E-state index is 0.119. The first-order chi connectivity index (χ1) is 6.25. The second kappa shape index (κ2) is 5.22. The predicted molar refractivity (Wildman–Crippen MR) is 52.8 cm³/mol. The van der Waals surface area contributed by atoms with Crippen LogP contribution in [0.4, 0.5) is 0 Å². The first kappa shape index (κ1) is 10.5. The van der Waals surface area contributed by atoms with Crippen molar-refractivity contribution in [3.8, 4) is 0 Å². The lowest BCUT2D eigenvalue weighted by Crippen LogP contribution is -2.44. The van der Waals surface area contributed by atoms with Crippen LogP contribution in [0.25, 0.3) is 0 Å². The summed E-state index contributed by atoms with van der Waals surface area (Å²) in [5.74, 6) is 5.87. The molecule has 0 radical (unpaired) electrons. The van der Waals surface area contributed by atoms with Crippen molar-refractivity contribution in [3.63, 3.8) is 0 Å². The van der Waals surface area contributed by atoms with Crippen LogP contribution in [-0.2, 0) is 4.79 Å². The van der Waals surface area contributed by atoms with Gasteiger partial charge in [0.1, 0.15) is 0 Å². The summed E-state index contributed by atoms with van der Waals surface area (Å²) in [4.78, 5) is 11.5. The van der Waals surface area contributed by atoms with Crippen molar-refractivity contribution in [2.75, 3.05) is 0 Å². The van der Waals surface area contributed by atoms with Gasteiger partial charge in [-0.25, -0.2) is 5.84 Å². The Morgan fingerprint density at radius 1 is 1.46 bits per heavy atom. The molecule has 76 valence electrons. The summed E-state index contributed by atoms with van der Waals surface area (Å²) >= 11 is 0. The van der Waals surface area contributed by atoms with E-state index in [2.05, 4.69) is 6.92 Å². The maximum atomic E-state index is 11.5. The van der Waals surface area contributed by atoms with E-state index in [0.717, 1.165) is 25.7 Å². The van der Waals surface area contributed by atoms with E-state index in [1.807, 2.05) is 0 Å². The van der Waals surface area contributed by atoms with Gasteiger partial charge in [0, 0.05) is 12.5 Å². The van der Waals surface area contributed by atoms with Crippen molar-refractivity contribution in [2.24, 2.45) is 5.84 Å². The summed E-state index contributed by atoms with van der Waals surface area (Å²) in [6.45, 7) is 2.09. The maximum Gasteiger partial charge on any atom is 0.236 e. The lowest BCUT2D eigenvalue weighted by molar-refractivity contribution is -0.133. The molecule has 3 nitrogen and oxygen atoms in total. The van der Waals surface area contributed by atoms with Gasteiger partial charge in [-0.3, -0.25) is 9.80 Å². The van der Waals surface area contributed by atoms with Crippen LogP contribution in [-0.4, -0.2) is 17.0 Å². The highest BCUT2D eigenvalue weighted by Crippen LogP contribution is 2.21. The molecule has 1 fully saturated rings. The minimum Gasteiger partial charge on any atom is -0.278 e. The Bertz CT molecular complexity index is 164. The third-order valence-corrected chi connectivity index (χ3v) is 2.75. The molecule has 0 spiro atoms. The molecule has 1 saturated carbocycles. The van der Waals surface area contributed by atoms with Gasteiger partial charge in [0.05, 0.1) is 0 Å². The summed E-state index contributed by atoms with van der Waals surface area (Å²) in [6, 6.07) is 0.323. The molecule has 13 heavy (non-hydrogen) atoms. The van der Waals surface area contributed by atoms with Gasteiger partial charge < -0.3 is 0 Å². The Labute approximate surface area is 80.2 Å². The molecule has 1 amide bonds. The summed E-state index contributed by atoms with van der Waals surface area (Å²) in [5.41, 5.74) is 0. The number of unbranched alkanes of at least 4 members (excludes halogenated alkanes) is 1. The van der Waals surface area contributed by atoms with Crippen molar-refractivity contribution in [1.82, 2.24) is 5.01 Å². The molecule has 2 N–H and O–H groups in total. The van der Waals surface area contributed by atoms with E-state index in [9.17, 15) is 4.79 Å². The average molecular weight is 184 g/mol. The van der Waals surface area contributed by atoms with Crippen LogP contribution in [0.1, 0.15) is 51.9 Å². The number of nitrogens with two attached hydrogens (primary N) is 1. The van der Waals surface area contributed by atoms with Crippen LogP contribution >= 0.6 is 0 Å². The summed E-state index contributed by atoms with van der Waals surface area (Å²) < 4.78 is 0. The number of amides is 1. The summed E-state index contributed by atoms with van der Waals surface area (Å²) in [6.07, 6.45) is 7.26. The smallest absolute Gasteiger partial charge is 0.236 e. The van der Waals surface area contributed by atoms with E-state index in [1.54, 1.807) is 0 Å². The Kier molecular flexibility index (Phi) is 4.22. The molecule has 0 aromatic heterocycles. The minimum atomic E-state index is 0.119. The Balaban J connectivity index is 2.28. The first-order valence-electron chi connectivity index (χ1n) is 5.32. The van der Waals surface area contributed by atoms with Crippen LogP contribution < -0.4 is 5.84 Å². The summed E-state index contributed by atoms with van der Waals surface area (Å²) in [5, 5.41) is 1.47. The highest BCUT2D eigenvalue weighted by atomic mass is 16.2. The van der Waals surface area contributed by atoms with Gasteiger partial charge in [0.15, 0.2) is 0 Å². The van der Waals surface area contributed by atoms with Crippen LogP contribution in [0, 0.1) is 0 Å². The van der Waals surface area contributed by atoms with E-state index in [-0.39, 0.29) is 5.91 Å². The fourth-order valence-corrected chi connectivity index (χ4v) is 1.84. The van der Waals surface area contributed by atoms with Gasteiger partial charge in [-0.1, -0.05) is 26.2 Å². The van der Waals surface area contributed by atoms with Crippen LogP contribution in [0.15, 0.2) is 0 Å². The van der Waals surface area contributed by atoms with Crippen molar-refractivity contribution in [3.05, 3.63) is 0 Å². The number of rotatable bonds is 4. The van der Waals surface area contributed by atoms with Crippen molar-refractivity contribution < 1.29 is 4.79 Å². The second-order valence-corrected chi connectivity index (χ2v) is 3.84. The molecule has 0 bridgehead atoms. The maximum absolute atomic E-state index is 11.5.